The Morgan fingerprint density at radius 1 is 1.43 bits per heavy atom. The summed E-state index contributed by atoms with van der Waals surface area (Å²) in [7, 11) is 0. The van der Waals surface area contributed by atoms with Crippen LogP contribution in [0.15, 0.2) is 23.2 Å². The van der Waals surface area contributed by atoms with Crippen LogP contribution >= 0.6 is 23.2 Å². The summed E-state index contributed by atoms with van der Waals surface area (Å²) in [6.07, 6.45) is 0. The predicted octanol–water partition coefficient (Wildman–Crippen LogP) is 2.38. The van der Waals surface area contributed by atoms with Gasteiger partial charge in [0.2, 0.25) is 0 Å². The standard InChI is InChI=1S/C9H8Cl2N2O/c10-5-1-2-6(7(11)3-5)8-4-14-9(12)13-8/h1-3,8H,4H2,(H2,12,13)/t8-/m0/s1. The molecule has 1 aromatic rings. The fourth-order valence-corrected chi connectivity index (χ4v) is 1.86. The largest absolute Gasteiger partial charge is 0.463 e. The van der Waals surface area contributed by atoms with Gasteiger partial charge in [-0.1, -0.05) is 29.3 Å². The third kappa shape index (κ3) is 1.79. The molecule has 2 rings (SSSR count). The van der Waals surface area contributed by atoms with Gasteiger partial charge in [0.1, 0.15) is 12.6 Å². The number of aliphatic imine (C=N–C) groups is 1. The minimum atomic E-state index is -0.111. The molecule has 0 bridgehead atoms. The molecule has 0 unspecified atom stereocenters. The average Bonchev–Trinajstić information content (AvgIpc) is 2.51. The number of nitrogens with two attached hydrogens (primary N) is 1. The summed E-state index contributed by atoms with van der Waals surface area (Å²) in [6, 6.07) is 5.39. The lowest BCUT2D eigenvalue weighted by Gasteiger charge is -2.07. The minimum Gasteiger partial charge on any atom is -0.463 e. The van der Waals surface area contributed by atoms with Crippen LogP contribution in [0.4, 0.5) is 0 Å². The molecule has 1 atom stereocenters. The topological polar surface area (TPSA) is 47.6 Å². The van der Waals surface area contributed by atoms with Gasteiger partial charge in [-0.2, -0.15) is 0 Å². The number of nitrogens with zero attached hydrogens (tertiary/aromatic N) is 1. The molecule has 1 heterocycles. The first-order valence-corrected chi connectivity index (χ1v) is 4.83. The van der Waals surface area contributed by atoms with Gasteiger partial charge in [-0.3, -0.25) is 0 Å². The fraction of sp³-hybridized carbons (Fsp3) is 0.222. The Hall–Kier alpha value is -0.930. The van der Waals surface area contributed by atoms with Crippen LogP contribution in [0.25, 0.3) is 0 Å². The number of benzene rings is 1. The van der Waals surface area contributed by atoms with Gasteiger partial charge in [0.15, 0.2) is 0 Å². The molecule has 2 N–H and O–H groups in total. The maximum Gasteiger partial charge on any atom is 0.282 e. The summed E-state index contributed by atoms with van der Waals surface area (Å²) in [4.78, 5) is 4.09. The highest BCUT2D eigenvalue weighted by molar-refractivity contribution is 6.35. The van der Waals surface area contributed by atoms with E-state index >= 15 is 0 Å². The molecule has 0 saturated carbocycles. The third-order valence-corrected chi connectivity index (χ3v) is 2.56. The lowest BCUT2D eigenvalue weighted by Crippen LogP contribution is -2.10. The van der Waals surface area contributed by atoms with E-state index in [0.29, 0.717) is 16.7 Å². The summed E-state index contributed by atoms with van der Waals surface area (Å²) in [5.74, 6) is 0. The van der Waals surface area contributed by atoms with Gasteiger partial charge in [-0.05, 0) is 17.7 Å². The van der Waals surface area contributed by atoms with Crippen LogP contribution in [0.3, 0.4) is 0 Å². The molecule has 0 aliphatic carbocycles. The lowest BCUT2D eigenvalue weighted by atomic mass is 10.1. The van der Waals surface area contributed by atoms with E-state index in [1.54, 1.807) is 12.1 Å². The van der Waals surface area contributed by atoms with Crippen LogP contribution < -0.4 is 5.73 Å². The smallest absolute Gasteiger partial charge is 0.282 e. The molecule has 5 heteroatoms. The molecule has 1 aromatic carbocycles. The Bertz CT molecular complexity index is 392. The zero-order valence-electron chi connectivity index (χ0n) is 7.21. The first-order valence-electron chi connectivity index (χ1n) is 4.08. The highest BCUT2D eigenvalue weighted by atomic mass is 35.5. The number of ether oxygens (including phenoxy) is 1. The van der Waals surface area contributed by atoms with E-state index in [1.165, 1.54) is 0 Å². The van der Waals surface area contributed by atoms with Crippen molar-refractivity contribution in [1.82, 2.24) is 0 Å². The fourth-order valence-electron chi connectivity index (χ4n) is 1.32. The van der Waals surface area contributed by atoms with Crippen LogP contribution in [0.1, 0.15) is 11.6 Å². The van der Waals surface area contributed by atoms with Gasteiger partial charge >= 0.3 is 0 Å². The Balaban J connectivity index is 2.33. The summed E-state index contributed by atoms with van der Waals surface area (Å²) < 4.78 is 5.04. The van der Waals surface area contributed by atoms with E-state index in [0.717, 1.165) is 5.56 Å². The molecule has 0 aromatic heterocycles. The number of hydrogen-bond donors (Lipinski definition) is 1. The molecule has 1 aliphatic rings. The first kappa shape index (κ1) is 9.62. The zero-order valence-corrected chi connectivity index (χ0v) is 8.72. The Morgan fingerprint density at radius 3 is 2.79 bits per heavy atom. The second kappa shape index (κ2) is 3.67. The van der Waals surface area contributed by atoms with E-state index in [2.05, 4.69) is 4.99 Å². The monoisotopic (exact) mass is 230 g/mol. The minimum absolute atomic E-state index is 0.111. The quantitative estimate of drug-likeness (QED) is 0.806. The normalized spacial score (nSPS) is 20.4. The maximum atomic E-state index is 6.01. The highest BCUT2D eigenvalue weighted by Crippen LogP contribution is 2.30. The van der Waals surface area contributed by atoms with Crippen molar-refractivity contribution in [3.63, 3.8) is 0 Å². The number of amidine groups is 1. The zero-order chi connectivity index (χ0) is 10.1. The van der Waals surface area contributed by atoms with Crippen LogP contribution in [0.5, 0.6) is 0 Å². The van der Waals surface area contributed by atoms with Crippen molar-refractivity contribution in [2.75, 3.05) is 6.61 Å². The van der Waals surface area contributed by atoms with E-state index in [1.807, 2.05) is 6.07 Å². The molecule has 0 radical (unpaired) electrons. The summed E-state index contributed by atoms with van der Waals surface area (Å²) in [6.45, 7) is 0.438. The molecular formula is C9H8Cl2N2O. The second-order valence-corrected chi connectivity index (χ2v) is 3.80. The van der Waals surface area contributed by atoms with Crippen LogP contribution in [0.2, 0.25) is 10.0 Å². The summed E-state index contributed by atoms with van der Waals surface area (Å²) in [5, 5.41) is 1.19. The third-order valence-electron chi connectivity index (χ3n) is 1.99. The molecule has 74 valence electrons. The molecule has 3 nitrogen and oxygen atoms in total. The van der Waals surface area contributed by atoms with Gasteiger partial charge in [0.05, 0.1) is 0 Å². The van der Waals surface area contributed by atoms with Crippen LogP contribution in [-0.4, -0.2) is 12.6 Å². The van der Waals surface area contributed by atoms with Crippen molar-refractivity contribution in [2.24, 2.45) is 10.7 Å². The van der Waals surface area contributed by atoms with Crippen molar-refractivity contribution in [2.45, 2.75) is 6.04 Å². The van der Waals surface area contributed by atoms with E-state index in [9.17, 15) is 0 Å². The van der Waals surface area contributed by atoms with Crippen molar-refractivity contribution in [3.05, 3.63) is 33.8 Å². The van der Waals surface area contributed by atoms with Gasteiger partial charge < -0.3 is 10.5 Å². The first-order chi connectivity index (χ1) is 6.66. The summed E-state index contributed by atoms with van der Waals surface area (Å²) in [5.41, 5.74) is 6.29. The number of rotatable bonds is 1. The van der Waals surface area contributed by atoms with Gasteiger partial charge in [0, 0.05) is 10.0 Å². The van der Waals surface area contributed by atoms with E-state index in [-0.39, 0.29) is 12.1 Å². The van der Waals surface area contributed by atoms with Gasteiger partial charge in [0.25, 0.3) is 6.02 Å². The van der Waals surface area contributed by atoms with Crippen LogP contribution in [-0.2, 0) is 4.74 Å². The Labute approximate surface area is 91.5 Å². The number of hydrogen-bond acceptors (Lipinski definition) is 3. The maximum absolute atomic E-state index is 6.01. The molecular weight excluding hydrogens is 223 g/mol. The molecule has 0 fully saturated rings. The SMILES string of the molecule is NC1=N[C@H](c2ccc(Cl)cc2Cl)CO1. The van der Waals surface area contributed by atoms with Crippen molar-refractivity contribution >= 4 is 29.2 Å². The van der Waals surface area contributed by atoms with Crippen molar-refractivity contribution in [3.8, 4) is 0 Å². The molecule has 0 saturated heterocycles. The molecule has 1 aliphatic heterocycles. The van der Waals surface area contributed by atoms with E-state index < -0.39 is 0 Å². The van der Waals surface area contributed by atoms with Crippen molar-refractivity contribution < 1.29 is 4.74 Å². The van der Waals surface area contributed by atoms with E-state index in [4.69, 9.17) is 33.7 Å². The lowest BCUT2D eigenvalue weighted by molar-refractivity contribution is 0.315. The Morgan fingerprint density at radius 2 is 2.21 bits per heavy atom. The summed E-state index contributed by atoms with van der Waals surface area (Å²) >= 11 is 11.8. The molecule has 0 amide bonds. The van der Waals surface area contributed by atoms with Gasteiger partial charge in [-0.25, -0.2) is 4.99 Å². The van der Waals surface area contributed by atoms with Crippen molar-refractivity contribution in [1.29, 1.82) is 0 Å². The second-order valence-electron chi connectivity index (χ2n) is 2.96. The highest BCUT2D eigenvalue weighted by Gasteiger charge is 2.20. The van der Waals surface area contributed by atoms with Crippen LogP contribution in [0, 0.1) is 0 Å². The number of halogens is 2. The average molecular weight is 231 g/mol. The van der Waals surface area contributed by atoms with Gasteiger partial charge in [-0.15, -0.1) is 0 Å². The molecule has 14 heavy (non-hydrogen) atoms. The molecule has 0 spiro atoms. The Kier molecular flexibility index (Phi) is 2.52. The predicted molar refractivity (Wildman–Crippen MR) is 56.8 cm³/mol.